The van der Waals surface area contributed by atoms with Crippen LogP contribution in [0.4, 0.5) is 5.69 Å². The van der Waals surface area contributed by atoms with E-state index < -0.39 is 0 Å². The highest BCUT2D eigenvalue weighted by Gasteiger charge is 2.24. The smallest absolute Gasteiger partial charge is 0.191 e. The number of hydrogen-bond acceptors (Lipinski definition) is 5. The Labute approximate surface area is 199 Å². The molecule has 1 saturated heterocycles. The van der Waals surface area contributed by atoms with Gasteiger partial charge in [-0.15, -0.1) is 24.0 Å². The molecular weight excluding hydrogens is 495 g/mol. The largest absolute Gasteiger partial charge is 0.495 e. The van der Waals surface area contributed by atoms with Crippen molar-refractivity contribution in [2.24, 2.45) is 10.9 Å². The molecule has 8 heteroatoms. The number of unbranched alkanes of at least 4 members (excludes halogenated alkanes) is 1. The van der Waals surface area contributed by atoms with Crippen LogP contribution in [0.5, 0.6) is 5.75 Å². The van der Waals surface area contributed by atoms with Gasteiger partial charge in [-0.1, -0.05) is 25.5 Å². The SMILES string of the molecule is CCCCOCCOCCNC(=NC)NCC1CCN(c2ccccc2OC)C1.I. The van der Waals surface area contributed by atoms with Crippen molar-refractivity contribution in [1.29, 1.82) is 0 Å². The van der Waals surface area contributed by atoms with Crippen molar-refractivity contribution in [3.8, 4) is 5.75 Å². The van der Waals surface area contributed by atoms with E-state index in [4.69, 9.17) is 14.2 Å². The van der Waals surface area contributed by atoms with Crippen LogP contribution < -0.4 is 20.3 Å². The Morgan fingerprint density at radius 2 is 1.90 bits per heavy atom. The molecule has 30 heavy (non-hydrogen) atoms. The minimum absolute atomic E-state index is 0. The summed E-state index contributed by atoms with van der Waals surface area (Å²) in [5, 5.41) is 6.74. The van der Waals surface area contributed by atoms with Gasteiger partial charge < -0.3 is 29.7 Å². The van der Waals surface area contributed by atoms with E-state index in [2.05, 4.69) is 39.6 Å². The summed E-state index contributed by atoms with van der Waals surface area (Å²) in [6.07, 6.45) is 3.43. The Morgan fingerprint density at radius 3 is 2.63 bits per heavy atom. The van der Waals surface area contributed by atoms with Crippen LogP contribution in [-0.4, -0.2) is 72.7 Å². The van der Waals surface area contributed by atoms with Crippen LogP contribution in [0, 0.1) is 5.92 Å². The molecule has 0 amide bonds. The minimum Gasteiger partial charge on any atom is -0.495 e. The number of nitrogens with zero attached hydrogens (tertiary/aromatic N) is 2. The van der Waals surface area contributed by atoms with Gasteiger partial charge in [-0.2, -0.15) is 0 Å². The standard InChI is InChI=1S/C22H38N4O3.HI/c1-4-5-13-28-15-16-29-14-11-24-22(23-2)25-17-19-10-12-26(18-19)20-8-6-7-9-21(20)27-3;/h6-9,19H,4-5,10-18H2,1-3H3,(H2,23,24,25);1H. The van der Waals surface area contributed by atoms with Crippen LogP contribution in [0.15, 0.2) is 29.3 Å². The summed E-state index contributed by atoms with van der Waals surface area (Å²) in [6.45, 7) is 8.63. The summed E-state index contributed by atoms with van der Waals surface area (Å²) in [7, 11) is 3.53. The summed E-state index contributed by atoms with van der Waals surface area (Å²) in [5.41, 5.74) is 1.18. The van der Waals surface area contributed by atoms with Crippen LogP contribution >= 0.6 is 24.0 Å². The number of anilines is 1. The Balaban J connectivity index is 0.00000450. The molecule has 172 valence electrons. The lowest BCUT2D eigenvalue weighted by Gasteiger charge is -2.21. The third kappa shape index (κ3) is 9.70. The lowest BCUT2D eigenvalue weighted by molar-refractivity contribution is 0.0487. The number of para-hydroxylation sites is 2. The first kappa shape index (κ1) is 26.8. The van der Waals surface area contributed by atoms with Gasteiger partial charge in [0.25, 0.3) is 0 Å². The average molecular weight is 534 g/mol. The van der Waals surface area contributed by atoms with E-state index in [1.165, 1.54) is 5.69 Å². The molecule has 0 aromatic heterocycles. The molecule has 1 unspecified atom stereocenters. The maximum Gasteiger partial charge on any atom is 0.191 e. The minimum atomic E-state index is 0. The number of guanidine groups is 1. The predicted octanol–water partition coefficient (Wildman–Crippen LogP) is 3.14. The molecule has 0 radical (unpaired) electrons. The van der Waals surface area contributed by atoms with Crippen molar-refractivity contribution in [3.05, 3.63) is 24.3 Å². The molecule has 2 N–H and O–H groups in total. The lowest BCUT2D eigenvalue weighted by Crippen LogP contribution is -2.41. The summed E-state index contributed by atoms with van der Waals surface area (Å²) in [4.78, 5) is 6.70. The molecule has 0 saturated carbocycles. The first-order valence-corrected chi connectivity index (χ1v) is 10.8. The average Bonchev–Trinajstić information content (AvgIpc) is 3.23. The molecule has 1 fully saturated rings. The summed E-state index contributed by atoms with van der Waals surface area (Å²) in [5.74, 6) is 2.34. The monoisotopic (exact) mass is 534 g/mol. The third-order valence-corrected chi connectivity index (χ3v) is 5.05. The molecular formula is C22H39IN4O3. The number of aliphatic imine (C=N–C) groups is 1. The van der Waals surface area contributed by atoms with Crippen molar-refractivity contribution in [2.45, 2.75) is 26.2 Å². The van der Waals surface area contributed by atoms with Gasteiger partial charge in [0.05, 0.1) is 32.6 Å². The Morgan fingerprint density at radius 1 is 1.13 bits per heavy atom. The number of methoxy groups -OCH3 is 1. The van der Waals surface area contributed by atoms with Crippen LogP contribution in [0.3, 0.4) is 0 Å². The summed E-state index contributed by atoms with van der Waals surface area (Å²) >= 11 is 0. The third-order valence-electron chi connectivity index (χ3n) is 5.05. The molecule has 0 aliphatic carbocycles. The zero-order valence-corrected chi connectivity index (χ0v) is 21.0. The molecule has 1 aromatic rings. The Bertz CT molecular complexity index is 604. The number of ether oxygens (including phenoxy) is 3. The van der Waals surface area contributed by atoms with Gasteiger partial charge in [-0.05, 0) is 30.9 Å². The number of rotatable bonds is 13. The van der Waals surface area contributed by atoms with E-state index in [-0.39, 0.29) is 24.0 Å². The van der Waals surface area contributed by atoms with E-state index in [1.54, 1.807) is 14.2 Å². The number of benzene rings is 1. The van der Waals surface area contributed by atoms with Crippen molar-refractivity contribution in [3.63, 3.8) is 0 Å². The highest BCUT2D eigenvalue weighted by atomic mass is 127. The van der Waals surface area contributed by atoms with Gasteiger partial charge in [-0.25, -0.2) is 0 Å². The van der Waals surface area contributed by atoms with Crippen LogP contribution in [0.25, 0.3) is 0 Å². The van der Waals surface area contributed by atoms with Crippen molar-refractivity contribution < 1.29 is 14.2 Å². The van der Waals surface area contributed by atoms with Crippen LogP contribution in [0.2, 0.25) is 0 Å². The van der Waals surface area contributed by atoms with Gasteiger partial charge in [0, 0.05) is 39.8 Å². The van der Waals surface area contributed by atoms with Crippen molar-refractivity contribution >= 4 is 35.6 Å². The second-order valence-corrected chi connectivity index (χ2v) is 7.23. The number of halogens is 1. The highest BCUT2D eigenvalue weighted by Crippen LogP contribution is 2.31. The lowest BCUT2D eigenvalue weighted by atomic mass is 10.1. The van der Waals surface area contributed by atoms with Crippen molar-refractivity contribution in [1.82, 2.24) is 10.6 Å². The second-order valence-electron chi connectivity index (χ2n) is 7.23. The fourth-order valence-corrected chi connectivity index (χ4v) is 3.38. The molecule has 1 heterocycles. The van der Waals surface area contributed by atoms with Crippen LogP contribution in [-0.2, 0) is 9.47 Å². The van der Waals surface area contributed by atoms with Crippen LogP contribution in [0.1, 0.15) is 26.2 Å². The molecule has 0 bridgehead atoms. The number of hydrogen-bond donors (Lipinski definition) is 2. The van der Waals surface area contributed by atoms with E-state index in [1.807, 2.05) is 12.1 Å². The fraction of sp³-hybridized carbons (Fsp3) is 0.682. The Hall–Kier alpha value is -1.26. The highest BCUT2D eigenvalue weighted by molar-refractivity contribution is 14.0. The van der Waals surface area contributed by atoms with Crippen molar-refractivity contribution in [2.75, 3.05) is 71.7 Å². The summed E-state index contributed by atoms with van der Waals surface area (Å²) < 4.78 is 16.6. The number of nitrogens with one attached hydrogen (secondary N) is 2. The molecule has 2 rings (SSSR count). The van der Waals surface area contributed by atoms with Gasteiger partial charge in [0.2, 0.25) is 0 Å². The molecule has 7 nitrogen and oxygen atoms in total. The normalized spacial score (nSPS) is 16.3. The molecule has 1 aromatic carbocycles. The van der Waals surface area contributed by atoms with Gasteiger partial charge in [-0.3, -0.25) is 4.99 Å². The zero-order chi connectivity index (χ0) is 20.7. The molecule has 1 atom stereocenters. The van der Waals surface area contributed by atoms with E-state index in [0.717, 1.165) is 63.8 Å². The summed E-state index contributed by atoms with van der Waals surface area (Å²) in [6, 6.07) is 8.22. The Kier molecular flexibility index (Phi) is 14.7. The molecule has 0 spiro atoms. The molecule has 1 aliphatic rings. The second kappa shape index (κ2) is 16.4. The quantitative estimate of drug-likeness (QED) is 0.176. The first-order chi connectivity index (χ1) is 14.3. The van der Waals surface area contributed by atoms with Gasteiger partial charge >= 0.3 is 0 Å². The van der Waals surface area contributed by atoms with Gasteiger partial charge in [0.15, 0.2) is 5.96 Å². The molecule has 1 aliphatic heterocycles. The maximum absolute atomic E-state index is 5.58. The fourth-order valence-electron chi connectivity index (χ4n) is 3.38. The predicted molar refractivity (Wildman–Crippen MR) is 135 cm³/mol. The van der Waals surface area contributed by atoms with Gasteiger partial charge in [0.1, 0.15) is 5.75 Å². The maximum atomic E-state index is 5.58. The van der Waals surface area contributed by atoms with E-state index in [9.17, 15) is 0 Å². The van der Waals surface area contributed by atoms with E-state index >= 15 is 0 Å². The van der Waals surface area contributed by atoms with E-state index in [0.29, 0.717) is 25.7 Å². The zero-order valence-electron chi connectivity index (χ0n) is 18.7. The first-order valence-electron chi connectivity index (χ1n) is 10.8. The topological polar surface area (TPSA) is 67.4 Å².